The van der Waals surface area contributed by atoms with E-state index in [0.717, 1.165) is 5.56 Å². The van der Waals surface area contributed by atoms with E-state index in [-0.39, 0.29) is 22.9 Å². The van der Waals surface area contributed by atoms with Gasteiger partial charge < -0.3 is 5.11 Å². The van der Waals surface area contributed by atoms with Crippen LogP contribution < -0.4 is 16.7 Å². The van der Waals surface area contributed by atoms with Gasteiger partial charge in [0.1, 0.15) is 5.75 Å². The summed E-state index contributed by atoms with van der Waals surface area (Å²) in [5.41, 5.74) is 3.52. The zero-order chi connectivity index (χ0) is 21.3. The zero-order valence-electron chi connectivity index (χ0n) is 15.8. The number of halogens is 1. The van der Waals surface area contributed by atoms with E-state index in [1.807, 2.05) is 12.1 Å². The third kappa shape index (κ3) is 3.70. The molecule has 10 heteroatoms. The predicted octanol–water partition coefficient (Wildman–Crippen LogP) is 2.28. The van der Waals surface area contributed by atoms with Crippen molar-refractivity contribution >= 4 is 34.9 Å². The Morgan fingerprint density at radius 2 is 1.93 bits per heavy atom. The zero-order valence-corrected chi connectivity index (χ0v) is 16.6. The molecular weight excluding hydrogens is 408 g/mol. The number of imidazole rings is 1. The largest absolute Gasteiger partial charge is 0.507 e. The van der Waals surface area contributed by atoms with Gasteiger partial charge in [-0.2, -0.15) is 10.1 Å². The number of aromatic hydroxyl groups is 1. The topological polar surface area (TPSA) is 117 Å². The fourth-order valence-corrected chi connectivity index (χ4v) is 3.13. The maximum Gasteiger partial charge on any atom is 0.329 e. The average Bonchev–Trinajstić information content (AvgIpc) is 3.08. The number of hydrogen-bond donors (Lipinski definition) is 3. The molecule has 4 aromatic rings. The minimum absolute atomic E-state index is 0.0801. The van der Waals surface area contributed by atoms with E-state index in [9.17, 15) is 14.7 Å². The number of fused-ring (bicyclic) bond motifs is 1. The number of nitrogens with zero attached hydrogens (tertiary/aromatic N) is 4. The molecule has 0 atom stereocenters. The minimum atomic E-state index is -0.562. The van der Waals surface area contributed by atoms with Crippen molar-refractivity contribution < 1.29 is 5.11 Å². The number of H-pyrrole nitrogens is 1. The molecule has 9 nitrogen and oxygen atoms in total. The third-order valence-electron chi connectivity index (χ3n) is 4.57. The van der Waals surface area contributed by atoms with E-state index >= 15 is 0 Å². The number of hydrogen-bond acceptors (Lipinski definition) is 6. The van der Waals surface area contributed by atoms with Crippen LogP contribution in [0.3, 0.4) is 0 Å². The number of aryl methyl sites for hydroxylation is 1. The summed E-state index contributed by atoms with van der Waals surface area (Å²) in [5.74, 6) is 0.342. The summed E-state index contributed by atoms with van der Waals surface area (Å²) in [6.45, 7) is 0.295. The average molecular weight is 425 g/mol. The van der Waals surface area contributed by atoms with Crippen molar-refractivity contribution in [3.05, 3.63) is 85.5 Å². The summed E-state index contributed by atoms with van der Waals surface area (Å²) in [6.07, 6.45) is 1.44. The Morgan fingerprint density at radius 1 is 1.20 bits per heavy atom. The molecule has 0 spiro atoms. The van der Waals surface area contributed by atoms with E-state index in [1.54, 1.807) is 41.0 Å². The normalized spacial score (nSPS) is 11.4. The van der Waals surface area contributed by atoms with Gasteiger partial charge in [-0.15, -0.1) is 0 Å². The van der Waals surface area contributed by atoms with E-state index < -0.39 is 11.2 Å². The quantitative estimate of drug-likeness (QED) is 0.335. The first kappa shape index (κ1) is 19.5. The van der Waals surface area contributed by atoms with Crippen LogP contribution in [0.15, 0.2) is 63.2 Å². The van der Waals surface area contributed by atoms with Crippen LogP contribution in [0.4, 0.5) is 5.95 Å². The molecule has 0 radical (unpaired) electrons. The van der Waals surface area contributed by atoms with Crippen molar-refractivity contribution in [2.75, 3.05) is 5.43 Å². The highest BCUT2D eigenvalue weighted by molar-refractivity contribution is 6.30. The molecule has 0 amide bonds. The number of nitrogens with one attached hydrogen (secondary N) is 2. The van der Waals surface area contributed by atoms with Gasteiger partial charge in [0.25, 0.3) is 5.56 Å². The molecule has 2 aromatic heterocycles. The Morgan fingerprint density at radius 3 is 2.67 bits per heavy atom. The van der Waals surface area contributed by atoms with E-state index in [4.69, 9.17) is 11.6 Å². The lowest BCUT2D eigenvalue weighted by molar-refractivity contribution is 0.474. The highest BCUT2D eigenvalue weighted by atomic mass is 35.5. The minimum Gasteiger partial charge on any atom is -0.507 e. The first-order valence-electron chi connectivity index (χ1n) is 8.95. The number of aromatic nitrogens is 4. The number of phenols is 1. The van der Waals surface area contributed by atoms with Crippen LogP contribution in [0.5, 0.6) is 5.75 Å². The Bertz CT molecular complexity index is 1370. The molecule has 0 aliphatic carbocycles. The smallest absolute Gasteiger partial charge is 0.329 e. The number of anilines is 1. The lowest BCUT2D eigenvalue weighted by atomic mass is 10.2. The Labute approximate surface area is 174 Å². The van der Waals surface area contributed by atoms with Crippen molar-refractivity contribution in [2.24, 2.45) is 12.1 Å². The number of para-hydroxylation sites is 1. The number of aromatic amines is 1. The van der Waals surface area contributed by atoms with Crippen molar-refractivity contribution in [1.82, 2.24) is 19.1 Å². The first-order valence-corrected chi connectivity index (χ1v) is 9.33. The van der Waals surface area contributed by atoms with Crippen LogP contribution in [0.25, 0.3) is 11.2 Å². The van der Waals surface area contributed by atoms with Crippen LogP contribution in [0.2, 0.25) is 5.02 Å². The van der Waals surface area contributed by atoms with E-state index in [0.29, 0.717) is 17.1 Å². The van der Waals surface area contributed by atoms with Gasteiger partial charge in [0, 0.05) is 17.6 Å². The molecule has 0 bridgehead atoms. The predicted molar refractivity (Wildman–Crippen MR) is 115 cm³/mol. The molecule has 4 rings (SSSR count). The van der Waals surface area contributed by atoms with Gasteiger partial charge in [-0.05, 0) is 29.8 Å². The molecule has 0 aliphatic rings. The molecule has 3 N–H and O–H groups in total. The molecule has 0 fully saturated rings. The Hall–Kier alpha value is -3.85. The van der Waals surface area contributed by atoms with Gasteiger partial charge in [-0.1, -0.05) is 35.9 Å². The van der Waals surface area contributed by atoms with Crippen LogP contribution in [0, 0.1) is 0 Å². The van der Waals surface area contributed by atoms with Gasteiger partial charge in [0.15, 0.2) is 11.2 Å². The summed E-state index contributed by atoms with van der Waals surface area (Å²) in [7, 11) is 1.52. The second-order valence-corrected chi connectivity index (χ2v) is 7.00. The molecule has 2 aromatic carbocycles. The lowest BCUT2D eigenvalue weighted by Gasteiger charge is -2.08. The van der Waals surface area contributed by atoms with Crippen LogP contribution >= 0.6 is 11.6 Å². The standard InChI is InChI=1S/C20H17ClN6O3/c1-26-17-16(18(29)24-20(26)30)27(11-12-6-8-14(21)9-7-12)19(23-17)25-22-10-13-4-2-3-5-15(13)28/h2-10,28H,11H2,1H3,(H,23,25)(H,24,29,30). The molecule has 0 saturated heterocycles. The van der Waals surface area contributed by atoms with Gasteiger partial charge in [0.2, 0.25) is 5.95 Å². The molecule has 152 valence electrons. The fraction of sp³-hybridized carbons (Fsp3) is 0.100. The fourth-order valence-electron chi connectivity index (χ4n) is 3.00. The van der Waals surface area contributed by atoms with Crippen molar-refractivity contribution in [2.45, 2.75) is 6.54 Å². The highest BCUT2D eigenvalue weighted by Gasteiger charge is 2.17. The van der Waals surface area contributed by atoms with Crippen LogP contribution in [-0.4, -0.2) is 30.4 Å². The number of phenolic OH excluding ortho intramolecular Hbond substituents is 1. The van der Waals surface area contributed by atoms with E-state index in [1.165, 1.54) is 17.8 Å². The maximum atomic E-state index is 12.5. The summed E-state index contributed by atoms with van der Waals surface area (Å²) >= 11 is 5.96. The summed E-state index contributed by atoms with van der Waals surface area (Å²) in [6, 6.07) is 13.9. The Kier molecular flexibility index (Phi) is 5.11. The number of hydrazone groups is 1. The monoisotopic (exact) mass is 424 g/mol. The summed E-state index contributed by atoms with van der Waals surface area (Å²) in [4.78, 5) is 31.2. The molecule has 30 heavy (non-hydrogen) atoms. The maximum absolute atomic E-state index is 12.5. The second kappa shape index (κ2) is 7.88. The van der Waals surface area contributed by atoms with Crippen molar-refractivity contribution in [1.29, 1.82) is 0 Å². The van der Waals surface area contributed by atoms with Gasteiger partial charge >= 0.3 is 5.69 Å². The first-order chi connectivity index (χ1) is 14.4. The third-order valence-corrected chi connectivity index (χ3v) is 4.82. The van der Waals surface area contributed by atoms with Gasteiger partial charge in [-0.3, -0.25) is 18.9 Å². The molecule has 0 unspecified atom stereocenters. The number of rotatable bonds is 5. The molecule has 2 heterocycles. The van der Waals surface area contributed by atoms with Gasteiger partial charge in [0.05, 0.1) is 12.8 Å². The van der Waals surface area contributed by atoms with E-state index in [2.05, 4.69) is 20.5 Å². The van der Waals surface area contributed by atoms with Gasteiger partial charge in [-0.25, -0.2) is 10.2 Å². The van der Waals surface area contributed by atoms with Crippen LogP contribution in [-0.2, 0) is 13.6 Å². The molecule has 0 aliphatic heterocycles. The molecular formula is C20H17ClN6O3. The van der Waals surface area contributed by atoms with Crippen molar-refractivity contribution in [3.63, 3.8) is 0 Å². The summed E-state index contributed by atoms with van der Waals surface area (Å²) in [5, 5.41) is 14.6. The summed E-state index contributed by atoms with van der Waals surface area (Å²) < 4.78 is 2.88. The molecule has 0 saturated carbocycles. The number of benzene rings is 2. The lowest BCUT2D eigenvalue weighted by Crippen LogP contribution is -2.29. The second-order valence-electron chi connectivity index (χ2n) is 6.57. The van der Waals surface area contributed by atoms with Crippen molar-refractivity contribution in [3.8, 4) is 5.75 Å². The SMILES string of the molecule is Cn1c(=O)[nH]c(=O)c2c1nc(NN=Cc1ccccc1O)n2Cc1ccc(Cl)cc1. The highest BCUT2D eigenvalue weighted by Crippen LogP contribution is 2.19. The Balaban J connectivity index is 1.79. The van der Waals surface area contributed by atoms with Crippen LogP contribution in [0.1, 0.15) is 11.1 Å².